The largest absolute Gasteiger partial charge is 0.493 e. The Morgan fingerprint density at radius 3 is 2.41 bits per heavy atom. The van der Waals surface area contributed by atoms with Gasteiger partial charge in [-0.25, -0.2) is 4.98 Å². The van der Waals surface area contributed by atoms with Gasteiger partial charge in [-0.15, -0.1) is 0 Å². The number of halogens is 3. The van der Waals surface area contributed by atoms with Crippen LogP contribution in [0.4, 0.5) is 24.5 Å². The van der Waals surface area contributed by atoms with E-state index in [1.54, 1.807) is 25.1 Å². The van der Waals surface area contributed by atoms with Crippen LogP contribution in [0, 0.1) is 0 Å². The van der Waals surface area contributed by atoms with Crippen LogP contribution in [-0.2, 0) is 17.5 Å². The number of aromatic nitrogens is 2. The summed E-state index contributed by atoms with van der Waals surface area (Å²) in [5.41, 5.74) is -0.773. The normalized spacial score (nSPS) is 11.4. The van der Waals surface area contributed by atoms with Gasteiger partial charge >= 0.3 is 6.18 Å². The Morgan fingerprint density at radius 2 is 1.79 bits per heavy atom. The number of hydrogen-bond acceptors (Lipinski definition) is 6. The van der Waals surface area contributed by atoms with E-state index in [1.165, 1.54) is 43.3 Å². The first-order valence-electron chi connectivity index (χ1n) is 10.3. The molecule has 0 bridgehead atoms. The summed E-state index contributed by atoms with van der Waals surface area (Å²) in [5.74, 6) is 0.233. The molecule has 2 aromatic carbocycles. The van der Waals surface area contributed by atoms with Crippen LogP contribution in [0.1, 0.15) is 18.4 Å². The minimum absolute atomic E-state index is 0.0802. The van der Waals surface area contributed by atoms with Crippen LogP contribution in [0.3, 0.4) is 0 Å². The summed E-state index contributed by atoms with van der Waals surface area (Å²) >= 11 is 0. The van der Waals surface area contributed by atoms with Crippen LogP contribution in [0.2, 0.25) is 0 Å². The van der Waals surface area contributed by atoms with Crippen molar-refractivity contribution in [3.63, 3.8) is 0 Å². The molecule has 3 aromatic rings. The number of alkyl halides is 3. The lowest BCUT2D eigenvalue weighted by Crippen LogP contribution is -2.22. The van der Waals surface area contributed by atoms with Crippen LogP contribution in [0.15, 0.2) is 41.5 Å². The maximum atomic E-state index is 13.5. The smallest absolute Gasteiger partial charge is 0.418 e. The third-order valence-corrected chi connectivity index (χ3v) is 5.23. The van der Waals surface area contributed by atoms with Gasteiger partial charge in [0, 0.05) is 38.8 Å². The lowest BCUT2D eigenvalue weighted by Gasteiger charge is -2.18. The first-order chi connectivity index (χ1) is 16.0. The molecule has 1 amide bonds. The van der Waals surface area contributed by atoms with Gasteiger partial charge in [0.15, 0.2) is 11.5 Å². The number of rotatable bonds is 8. The maximum absolute atomic E-state index is 13.5. The van der Waals surface area contributed by atoms with Gasteiger partial charge in [0.2, 0.25) is 5.91 Å². The van der Waals surface area contributed by atoms with Gasteiger partial charge < -0.3 is 19.7 Å². The second-order valence-corrected chi connectivity index (χ2v) is 7.74. The summed E-state index contributed by atoms with van der Waals surface area (Å²) in [5, 5.41) is 2.65. The second kappa shape index (κ2) is 10.0. The molecule has 1 N–H and O–H groups in total. The molecule has 0 unspecified atom stereocenters. The van der Waals surface area contributed by atoms with Crippen molar-refractivity contribution >= 4 is 28.2 Å². The number of carbonyl (C=O) groups is 1. The number of anilines is 2. The molecule has 0 saturated heterocycles. The number of hydrogen-bond donors (Lipinski definition) is 1. The van der Waals surface area contributed by atoms with Crippen LogP contribution in [-0.4, -0.2) is 43.8 Å². The fourth-order valence-electron chi connectivity index (χ4n) is 3.42. The fourth-order valence-corrected chi connectivity index (χ4v) is 3.42. The molecule has 0 radical (unpaired) electrons. The first kappa shape index (κ1) is 24.9. The van der Waals surface area contributed by atoms with Crippen LogP contribution >= 0.6 is 0 Å². The Morgan fingerprint density at radius 1 is 1.12 bits per heavy atom. The Kier molecular flexibility index (Phi) is 7.33. The van der Waals surface area contributed by atoms with Crippen molar-refractivity contribution in [2.24, 2.45) is 0 Å². The minimum Gasteiger partial charge on any atom is -0.493 e. The number of amides is 1. The van der Waals surface area contributed by atoms with Crippen molar-refractivity contribution in [1.82, 2.24) is 9.55 Å². The SMILES string of the molecule is COc1cc2ncn(CCCC(=O)Nc3ccc(N(C)C)cc3C(F)(F)F)c(=O)c2cc1OC. The van der Waals surface area contributed by atoms with E-state index in [2.05, 4.69) is 10.3 Å². The molecule has 0 atom stereocenters. The molecule has 182 valence electrons. The number of ether oxygens (including phenoxy) is 2. The zero-order chi connectivity index (χ0) is 25.0. The van der Waals surface area contributed by atoms with Gasteiger partial charge in [-0.05, 0) is 30.7 Å². The zero-order valence-corrected chi connectivity index (χ0v) is 19.2. The van der Waals surface area contributed by atoms with E-state index in [0.29, 0.717) is 28.1 Å². The van der Waals surface area contributed by atoms with Gasteiger partial charge in [-0.2, -0.15) is 13.2 Å². The molecule has 0 spiro atoms. The number of aryl methyl sites for hydroxylation is 1. The van der Waals surface area contributed by atoms with Crippen LogP contribution in [0.25, 0.3) is 10.9 Å². The molecule has 11 heteroatoms. The molecule has 3 rings (SSSR count). The Hall–Kier alpha value is -3.76. The van der Waals surface area contributed by atoms with E-state index in [0.717, 1.165) is 6.07 Å². The van der Waals surface area contributed by atoms with Crippen molar-refractivity contribution in [2.45, 2.75) is 25.6 Å². The minimum atomic E-state index is -4.62. The Bertz CT molecular complexity index is 1260. The monoisotopic (exact) mass is 478 g/mol. The summed E-state index contributed by atoms with van der Waals surface area (Å²) in [4.78, 5) is 30.9. The number of methoxy groups -OCH3 is 2. The van der Waals surface area contributed by atoms with E-state index < -0.39 is 17.6 Å². The van der Waals surface area contributed by atoms with Gasteiger partial charge in [0.05, 0.1) is 42.7 Å². The quantitative estimate of drug-likeness (QED) is 0.528. The maximum Gasteiger partial charge on any atom is 0.418 e. The van der Waals surface area contributed by atoms with E-state index in [1.807, 2.05) is 0 Å². The molecule has 8 nitrogen and oxygen atoms in total. The lowest BCUT2D eigenvalue weighted by atomic mass is 10.1. The predicted molar refractivity (Wildman–Crippen MR) is 123 cm³/mol. The van der Waals surface area contributed by atoms with Gasteiger partial charge in [-0.3, -0.25) is 14.2 Å². The van der Waals surface area contributed by atoms with Crippen LogP contribution < -0.4 is 25.2 Å². The number of nitrogens with zero attached hydrogens (tertiary/aromatic N) is 3. The predicted octanol–water partition coefficient (Wildman–Crippen LogP) is 3.92. The average Bonchev–Trinajstić information content (AvgIpc) is 2.79. The molecule has 1 heterocycles. The van der Waals surface area contributed by atoms with Gasteiger partial charge in [0.1, 0.15) is 0 Å². The van der Waals surface area contributed by atoms with E-state index >= 15 is 0 Å². The number of fused-ring (bicyclic) bond motifs is 1. The summed E-state index contributed by atoms with van der Waals surface area (Å²) in [7, 11) is 6.19. The molecule has 0 aliphatic heterocycles. The van der Waals surface area contributed by atoms with E-state index in [-0.39, 0.29) is 30.6 Å². The highest BCUT2D eigenvalue weighted by Gasteiger charge is 2.34. The van der Waals surface area contributed by atoms with Crippen molar-refractivity contribution in [3.8, 4) is 11.5 Å². The van der Waals surface area contributed by atoms with E-state index in [4.69, 9.17) is 9.47 Å². The lowest BCUT2D eigenvalue weighted by molar-refractivity contribution is -0.136. The second-order valence-electron chi connectivity index (χ2n) is 7.74. The van der Waals surface area contributed by atoms with Crippen molar-refractivity contribution in [1.29, 1.82) is 0 Å². The topological polar surface area (TPSA) is 85.7 Å². The highest BCUT2D eigenvalue weighted by molar-refractivity contribution is 5.92. The summed E-state index contributed by atoms with van der Waals surface area (Å²) in [6.07, 6.45) is -3.12. The molecular formula is C23H25F3N4O4. The summed E-state index contributed by atoms with van der Waals surface area (Å²) < 4.78 is 52.2. The Balaban J connectivity index is 1.71. The summed E-state index contributed by atoms with van der Waals surface area (Å²) in [6.45, 7) is 0.162. The van der Waals surface area contributed by atoms with Crippen molar-refractivity contribution in [3.05, 3.63) is 52.6 Å². The van der Waals surface area contributed by atoms with Crippen LogP contribution in [0.5, 0.6) is 11.5 Å². The van der Waals surface area contributed by atoms with Crippen molar-refractivity contribution < 1.29 is 27.4 Å². The average molecular weight is 478 g/mol. The van der Waals surface area contributed by atoms with Gasteiger partial charge in [0.25, 0.3) is 5.56 Å². The highest BCUT2D eigenvalue weighted by Crippen LogP contribution is 2.37. The highest BCUT2D eigenvalue weighted by atomic mass is 19.4. The molecule has 0 fully saturated rings. The van der Waals surface area contributed by atoms with Crippen molar-refractivity contribution in [2.75, 3.05) is 38.5 Å². The molecule has 0 aliphatic rings. The van der Waals surface area contributed by atoms with E-state index in [9.17, 15) is 22.8 Å². The Labute approximate surface area is 193 Å². The zero-order valence-electron chi connectivity index (χ0n) is 19.2. The van der Waals surface area contributed by atoms with Gasteiger partial charge in [-0.1, -0.05) is 0 Å². The number of benzene rings is 2. The third kappa shape index (κ3) is 5.41. The first-order valence-corrected chi connectivity index (χ1v) is 10.3. The number of carbonyl (C=O) groups excluding carboxylic acids is 1. The standard InChI is InChI=1S/C23H25F3N4O4/c1-29(2)14-7-8-17(16(10-14)23(24,25)26)28-21(31)6-5-9-30-13-27-18-12-20(34-4)19(33-3)11-15(18)22(30)32/h7-8,10-13H,5-6,9H2,1-4H3,(H,28,31). The third-order valence-electron chi connectivity index (χ3n) is 5.23. The molecular weight excluding hydrogens is 453 g/mol. The summed E-state index contributed by atoms with van der Waals surface area (Å²) in [6, 6.07) is 6.83. The fraction of sp³-hybridized carbons (Fsp3) is 0.348. The molecule has 0 saturated carbocycles. The molecule has 1 aromatic heterocycles. The molecule has 0 aliphatic carbocycles. The molecule has 34 heavy (non-hydrogen) atoms. The number of nitrogens with one attached hydrogen (secondary N) is 1.